The quantitative estimate of drug-likeness (QED) is 0.867. The van der Waals surface area contributed by atoms with Crippen LogP contribution < -0.4 is 5.32 Å². The Morgan fingerprint density at radius 2 is 2.35 bits per heavy atom. The van der Waals surface area contributed by atoms with Crippen LogP contribution in [0.3, 0.4) is 0 Å². The first-order valence-corrected chi connectivity index (χ1v) is 4.98. The van der Waals surface area contributed by atoms with Gasteiger partial charge >= 0.3 is 0 Å². The van der Waals surface area contributed by atoms with Crippen molar-refractivity contribution in [3.05, 3.63) is 41.5 Å². The molecule has 0 aliphatic heterocycles. The molecule has 2 rings (SSSR count). The molecule has 0 aliphatic rings. The van der Waals surface area contributed by atoms with E-state index in [0.717, 1.165) is 5.69 Å². The Labute approximate surface area is 97.5 Å². The van der Waals surface area contributed by atoms with Crippen LogP contribution in [0.1, 0.15) is 11.3 Å². The number of hydrogen-bond acceptors (Lipinski definition) is 4. The Hall–Kier alpha value is -2.42. The number of nitrogens with one attached hydrogen (secondary N) is 1. The largest absolute Gasteiger partial charge is 0.378 e. The highest BCUT2D eigenvalue weighted by atomic mass is 19.1. The number of halogens is 1. The maximum absolute atomic E-state index is 13.3. The van der Waals surface area contributed by atoms with E-state index < -0.39 is 5.82 Å². The van der Waals surface area contributed by atoms with Gasteiger partial charge in [-0.1, -0.05) is 11.3 Å². The van der Waals surface area contributed by atoms with Gasteiger partial charge in [-0.2, -0.15) is 5.26 Å². The molecule has 1 N–H and O–H groups in total. The number of anilines is 1. The summed E-state index contributed by atoms with van der Waals surface area (Å²) in [7, 11) is 1.76. The van der Waals surface area contributed by atoms with Crippen LogP contribution in [0.5, 0.6) is 0 Å². The molecule has 0 saturated carbocycles. The molecule has 1 aromatic carbocycles. The summed E-state index contributed by atoms with van der Waals surface area (Å²) >= 11 is 0. The zero-order chi connectivity index (χ0) is 12.3. The van der Waals surface area contributed by atoms with E-state index in [9.17, 15) is 4.39 Å². The fraction of sp³-hybridized carbons (Fsp3) is 0.182. The van der Waals surface area contributed by atoms with Gasteiger partial charge in [-0.25, -0.2) is 4.39 Å². The van der Waals surface area contributed by atoms with Gasteiger partial charge in [0.2, 0.25) is 0 Å². The average molecular weight is 231 g/mol. The Balaban J connectivity index is 2.14. The van der Waals surface area contributed by atoms with Crippen LogP contribution in [0.2, 0.25) is 0 Å². The van der Waals surface area contributed by atoms with Gasteiger partial charge in [-0.15, -0.1) is 5.10 Å². The molecule has 5 nitrogen and oxygen atoms in total. The normalized spacial score (nSPS) is 9.94. The van der Waals surface area contributed by atoms with Crippen LogP contribution in [-0.2, 0) is 13.6 Å². The lowest BCUT2D eigenvalue weighted by Gasteiger charge is -2.06. The molecule has 1 heterocycles. The second kappa shape index (κ2) is 4.61. The summed E-state index contributed by atoms with van der Waals surface area (Å²) in [5.41, 5.74) is 1.19. The van der Waals surface area contributed by atoms with E-state index in [2.05, 4.69) is 15.6 Å². The Morgan fingerprint density at radius 3 is 3.00 bits per heavy atom. The number of aryl methyl sites for hydroxylation is 1. The molecule has 86 valence electrons. The Bertz CT molecular complexity index is 569. The van der Waals surface area contributed by atoms with E-state index in [1.807, 2.05) is 6.07 Å². The second-order valence-corrected chi connectivity index (χ2v) is 3.51. The van der Waals surface area contributed by atoms with Crippen molar-refractivity contribution in [2.45, 2.75) is 6.54 Å². The SMILES string of the molecule is Cn1cc(CNc2cccc(F)c2C#N)nn1. The maximum atomic E-state index is 13.3. The summed E-state index contributed by atoms with van der Waals surface area (Å²) in [5, 5.41) is 19.5. The Kier molecular flexibility index (Phi) is 3.01. The first kappa shape index (κ1) is 11.1. The van der Waals surface area contributed by atoms with Gasteiger partial charge in [-0.3, -0.25) is 4.68 Å². The molecule has 0 saturated heterocycles. The number of nitriles is 1. The van der Waals surface area contributed by atoms with Gasteiger partial charge in [0.1, 0.15) is 23.1 Å². The lowest BCUT2D eigenvalue weighted by Crippen LogP contribution is -2.02. The third kappa shape index (κ3) is 2.39. The van der Waals surface area contributed by atoms with E-state index in [1.165, 1.54) is 6.07 Å². The summed E-state index contributed by atoms with van der Waals surface area (Å²) in [6.07, 6.45) is 1.75. The van der Waals surface area contributed by atoms with Crippen molar-refractivity contribution in [2.75, 3.05) is 5.32 Å². The van der Waals surface area contributed by atoms with Gasteiger partial charge in [0.05, 0.1) is 12.2 Å². The molecule has 0 amide bonds. The lowest BCUT2D eigenvalue weighted by atomic mass is 10.2. The highest BCUT2D eigenvalue weighted by Gasteiger charge is 2.07. The smallest absolute Gasteiger partial charge is 0.143 e. The van der Waals surface area contributed by atoms with Gasteiger partial charge in [0.25, 0.3) is 0 Å². The number of rotatable bonds is 3. The number of benzene rings is 1. The molecule has 0 atom stereocenters. The first-order chi connectivity index (χ1) is 8.20. The second-order valence-electron chi connectivity index (χ2n) is 3.51. The van der Waals surface area contributed by atoms with Crippen LogP contribution in [0.4, 0.5) is 10.1 Å². The van der Waals surface area contributed by atoms with E-state index in [1.54, 1.807) is 30.1 Å². The molecule has 17 heavy (non-hydrogen) atoms. The van der Waals surface area contributed by atoms with Crippen molar-refractivity contribution in [3.63, 3.8) is 0 Å². The molecular formula is C11H10FN5. The van der Waals surface area contributed by atoms with Crippen molar-refractivity contribution in [2.24, 2.45) is 7.05 Å². The fourth-order valence-electron chi connectivity index (χ4n) is 1.45. The van der Waals surface area contributed by atoms with Gasteiger partial charge in [0.15, 0.2) is 0 Å². The fourth-order valence-corrected chi connectivity index (χ4v) is 1.45. The third-order valence-corrected chi connectivity index (χ3v) is 2.24. The molecule has 6 heteroatoms. The monoisotopic (exact) mass is 231 g/mol. The van der Waals surface area contributed by atoms with Crippen molar-refractivity contribution in [1.82, 2.24) is 15.0 Å². The minimum Gasteiger partial charge on any atom is -0.378 e. The van der Waals surface area contributed by atoms with Crippen molar-refractivity contribution in [3.8, 4) is 6.07 Å². The minimum atomic E-state index is -0.531. The standard InChI is InChI=1S/C11H10FN5/c1-17-7-8(15-16-17)6-14-11-4-2-3-10(12)9(11)5-13/h2-4,7,14H,6H2,1H3. The summed E-state index contributed by atoms with van der Waals surface area (Å²) in [6.45, 7) is 0.395. The van der Waals surface area contributed by atoms with E-state index in [4.69, 9.17) is 5.26 Å². The van der Waals surface area contributed by atoms with Crippen LogP contribution in [-0.4, -0.2) is 15.0 Å². The van der Waals surface area contributed by atoms with E-state index >= 15 is 0 Å². The predicted octanol–water partition coefficient (Wildman–Crippen LogP) is 1.44. The van der Waals surface area contributed by atoms with Crippen LogP contribution in [0.15, 0.2) is 24.4 Å². The highest BCUT2D eigenvalue weighted by Crippen LogP contribution is 2.18. The molecule has 0 spiro atoms. The van der Waals surface area contributed by atoms with E-state index in [-0.39, 0.29) is 5.56 Å². The van der Waals surface area contributed by atoms with Gasteiger partial charge in [-0.05, 0) is 12.1 Å². The maximum Gasteiger partial charge on any atom is 0.143 e. The molecular weight excluding hydrogens is 221 g/mol. The van der Waals surface area contributed by atoms with Gasteiger partial charge in [0, 0.05) is 13.2 Å². The summed E-state index contributed by atoms with van der Waals surface area (Å²) in [4.78, 5) is 0. The topological polar surface area (TPSA) is 66.5 Å². The minimum absolute atomic E-state index is 0.0105. The van der Waals surface area contributed by atoms with Crippen LogP contribution in [0.25, 0.3) is 0 Å². The van der Waals surface area contributed by atoms with Crippen molar-refractivity contribution in [1.29, 1.82) is 5.26 Å². The molecule has 0 radical (unpaired) electrons. The summed E-state index contributed by atoms with van der Waals surface area (Å²) < 4.78 is 14.9. The van der Waals surface area contributed by atoms with E-state index in [0.29, 0.717) is 12.2 Å². The average Bonchev–Trinajstić information content (AvgIpc) is 2.72. The predicted molar refractivity (Wildman–Crippen MR) is 59.4 cm³/mol. The summed E-state index contributed by atoms with van der Waals surface area (Å²) in [6, 6.07) is 6.28. The van der Waals surface area contributed by atoms with Gasteiger partial charge < -0.3 is 5.32 Å². The first-order valence-electron chi connectivity index (χ1n) is 4.98. The zero-order valence-electron chi connectivity index (χ0n) is 9.18. The van der Waals surface area contributed by atoms with Crippen molar-refractivity contribution >= 4 is 5.69 Å². The summed E-state index contributed by atoms with van der Waals surface area (Å²) in [5.74, 6) is -0.531. The molecule has 0 unspecified atom stereocenters. The molecule has 1 aromatic heterocycles. The number of aromatic nitrogens is 3. The highest BCUT2D eigenvalue weighted by molar-refractivity contribution is 5.57. The Morgan fingerprint density at radius 1 is 1.53 bits per heavy atom. The third-order valence-electron chi connectivity index (χ3n) is 2.24. The number of nitrogens with zero attached hydrogens (tertiary/aromatic N) is 4. The van der Waals surface area contributed by atoms with Crippen LogP contribution >= 0.6 is 0 Å². The zero-order valence-corrected chi connectivity index (χ0v) is 9.18. The lowest BCUT2D eigenvalue weighted by molar-refractivity contribution is 0.624. The molecule has 0 fully saturated rings. The molecule has 0 aliphatic carbocycles. The van der Waals surface area contributed by atoms with Crippen molar-refractivity contribution < 1.29 is 4.39 Å². The molecule has 0 bridgehead atoms. The number of hydrogen-bond donors (Lipinski definition) is 1. The van der Waals surface area contributed by atoms with Crippen LogP contribution in [0, 0.1) is 17.1 Å². The molecule has 2 aromatic rings.